The van der Waals surface area contributed by atoms with Crippen molar-refractivity contribution in [1.82, 2.24) is 0 Å². The van der Waals surface area contributed by atoms with Gasteiger partial charge in [0.2, 0.25) is 0 Å². The van der Waals surface area contributed by atoms with Crippen molar-refractivity contribution in [1.29, 1.82) is 0 Å². The van der Waals surface area contributed by atoms with E-state index in [0.717, 1.165) is 18.3 Å². The molecule has 0 saturated heterocycles. The Morgan fingerprint density at radius 3 is 2.43 bits per heavy atom. The van der Waals surface area contributed by atoms with E-state index >= 15 is 0 Å². The van der Waals surface area contributed by atoms with Crippen LogP contribution in [-0.2, 0) is 0 Å². The van der Waals surface area contributed by atoms with Crippen LogP contribution < -0.4 is 0 Å². The van der Waals surface area contributed by atoms with Crippen molar-refractivity contribution in [3.8, 4) is 0 Å². The molecule has 14 heavy (non-hydrogen) atoms. The average Bonchev–Trinajstić information content (AvgIpc) is 2.89. The summed E-state index contributed by atoms with van der Waals surface area (Å²) in [6.45, 7) is 6.75. The number of rotatable bonds is 7. The van der Waals surface area contributed by atoms with Gasteiger partial charge in [-0.15, -0.1) is 0 Å². The van der Waals surface area contributed by atoms with Gasteiger partial charge in [0.15, 0.2) is 0 Å². The molecule has 1 nitrogen and oxygen atoms in total. The van der Waals surface area contributed by atoms with Crippen molar-refractivity contribution >= 4 is 0 Å². The number of aliphatic hydroxyl groups excluding tert-OH is 1. The van der Waals surface area contributed by atoms with Crippen LogP contribution in [0.4, 0.5) is 0 Å². The lowest BCUT2D eigenvalue weighted by Crippen LogP contribution is -2.16. The third-order valence-corrected chi connectivity index (χ3v) is 3.78. The molecule has 1 aliphatic carbocycles. The maximum atomic E-state index is 9.96. The Morgan fingerprint density at radius 2 is 2.00 bits per heavy atom. The summed E-state index contributed by atoms with van der Waals surface area (Å²) in [4.78, 5) is 0. The maximum Gasteiger partial charge on any atom is 0.0573 e. The first-order valence-corrected chi connectivity index (χ1v) is 6.37. The number of aliphatic hydroxyl groups is 1. The minimum Gasteiger partial charge on any atom is -0.393 e. The first-order chi connectivity index (χ1) is 6.69. The topological polar surface area (TPSA) is 20.2 Å². The number of unbranched alkanes of at least 4 members (excludes halogenated alkanes) is 1. The molecule has 0 radical (unpaired) electrons. The Hall–Kier alpha value is -0.0400. The van der Waals surface area contributed by atoms with Crippen LogP contribution in [0.15, 0.2) is 0 Å². The first-order valence-electron chi connectivity index (χ1n) is 6.37. The molecule has 1 heteroatoms. The van der Waals surface area contributed by atoms with E-state index in [-0.39, 0.29) is 6.10 Å². The molecule has 1 N–H and O–H groups in total. The molecular formula is C13H26O. The largest absolute Gasteiger partial charge is 0.393 e. The van der Waals surface area contributed by atoms with Crippen molar-refractivity contribution in [3.63, 3.8) is 0 Å². The van der Waals surface area contributed by atoms with Gasteiger partial charge < -0.3 is 5.11 Å². The van der Waals surface area contributed by atoms with E-state index in [1.165, 1.54) is 32.1 Å². The fourth-order valence-corrected chi connectivity index (χ4v) is 2.38. The molecule has 1 saturated carbocycles. The van der Waals surface area contributed by atoms with E-state index in [1.807, 2.05) is 0 Å². The third-order valence-electron chi connectivity index (χ3n) is 3.78. The second-order valence-electron chi connectivity index (χ2n) is 5.10. The lowest BCUT2D eigenvalue weighted by atomic mass is 9.91. The van der Waals surface area contributed by atoms with E-state index in [2.05, 4.69) is 20.8 Å². The summed E-state index contributed by atoms with van der Waals surface area (Å²) in [6, 6.07) is 0. The SMILES string of the molecule is CCCCC(CC)CC(O)C1CC1C. The van der Waals surface area contributed by atoms with Gasteiger partial charge in [0.05, 0.1) is 6.10 Å². The summed E-state index contributed by atoms with van der Waals surface area (Å²) in [6.07, 6.45) is 7.45. The smallest absolute Gasteiger partial charge is 0.0573 e. The van der Waals surface area contributed by atoms with Crippen LogP contribution in [0, 0.1) is 17.8 Å². The van der Waals surface area contributed by atoms with Gasteiger partial charge in [0.1, 0.15) is 0 Å². The van der Waals surface area contributed by atoms with Gasteiger partial charge in [-0.3, -0.25) is 0 Å². The van der Waals surface area contributed by atoms with Crippen LogP contribution in [0.25, 0.3) is 0 Å². The van der Waals surface area contributed by atoms with E-state index in [0.29, 0.717) is 5.92 Å². The molecule has 0 aromatic carbocycles. The quantitative estimate of drug-likeness (QED) is 0.662. The summed E-state index contributed by atoms with van der Waals surface area (Å²) >= 11 is 0. The lowest BCUT2D eigenvalue weighted by molar-refractivity contribution is 0.112. The number of hydrogen-bond acceptors (Lipinski definition) is 1. The molecule has 0 aromatic heterocycles. The Labute approximate surface area is 88.9 Å². The zero-order valence-electron chi connectivity index (χ0n) is 10.00. The zero-order valence-corrected chi connectivity index (χ0v) is 10.00. The van der Waals surface area contributed by atoms with Crippen LogP contribution in [0.3, 0.4) is 0 Å². The van der Waals surface area contributed by atoms with Gasteiger partial charge in [-0.2, -0.15) is 0 Å². The highest BCUT2D eigenvalue weighted by Gasteiger charge is 2.38. The molecule has 84 valence electrons. The standard InChI is InChI=1S/C13H26O/c1-4-6-7-11(5-2)9-13(14)12-8-10(12)3/h10-14H,4-9H2,1-3H3. The highest BCUT2D eigenvalue weighted by atomic mass is 16.3. The predicted molar refractivity (Wildman–Crippen MR) is 61.2 cm³/mol. The van der Waals surface area contributed by atoms with Crippen molar-refractivity contribution < 1.29 is 5.11 Å². The Bertz CT molecular complexity index is 155. The van der Waals surface area contributed by atoms with Gasteiger partial charge in [0.25, 0.3) is 0 Å². The molecule has 0 spiro atoms. The molecule has 0 aromatic rings. The Kier molecular flexibility index (Phi) is 4.94. The molecule has 0 amide bonds. The zero-order chi connectivity index (χ0) is 10.6. The highest BCUT2D eigenvalue weighted by Crippen LogP contribution is 2.42. The molecule has 1 rings (SSSR count). The van der Waals surface area contributed by atoms with Crippen LogP contribution in [-0.4, -0.2) is 11.2 Å². The van der Waals surface area contributed by atoms with Crippen molar-refractivity contribution in [3.05, 3.63) is 0 Å². The highest BCUT2D eigenvalue weighted by molar-refractivity contribution is 4.88. The van der Waals surface area contributed by atoms with Gasteiger partial charge >= 0.3 is 0 Å². The molecule has 1 aliphatic rings. The van der Waals surface area contributed by atoms with Crippen LogP contribution in [0.1, 0.15) is 59.3 Å². The summed E-state index contributed by atoms with van der Waals surface area (Å²) in [7, 11) is 0. The third kappa shape index (κ3) is 3.61. The minimum atomic E-state index is -0.00759. The summed E-state index contributed by atoms with van der Waals surface area (Å²) in [5.41, 5.74) is 0. The minimum absolute atomic E-state index is 0.00759. The van der Waals surface area contributed by atoms with Gasteiger partial charge in [-0.05, 0) is 30.6 Å². The molecule has 0 bridgehead atoms. The van der Waals surface area contributed by atoms with E-state index in [1.54, 1.807) is 0 Å². The lowest BCUT2D eigenvalue weighted by Gasteiger charge is -2.18. The van der Waals surface area contributed by atoms with E-state index < -0.39 is 0 Å². The fourth-order valence-electron chi connectivity index (χ4n) is 2.38. The van der Waals surface area contributed by atoms with E-state index in [9.17, 15) is 5.11 Å². The van der Waals surface area contributed by atoms with Crippen molar-refractivity contribution in [2.45, 2.75) is 65.4 Å². The Morgan fingerprint density at radius 1 is 1.36 bits per heavy atom. The van der Waals surface area contributed by atoms with Gasteiger partial charge in [-0.25, -0.2) is 0 Å². The van der Waals surface area contributed by atoms with Gasteiger partial charge in [0, 0.05) is 0 Å². The monoisotopic (exact) mass is 198 g/mol. The maximum absolute atomic E-state index is 9.96. The first kappa shape index (κ1) is 12.0. The van der Waals surface area contributed by atoms with E-state index in [4.69, 9.17) is 0 Å². The molecule has 4 unspecified atom stereocenters. The second-order valence-corrected chi connectivity index (χ2v) is 5.10. The molecule has 0 aliphatic heterocycles. The van der Waals surface area contributed by atoms with Crippen molar-refractivity contribution in [2.75, 3.05) is 0 Å². The molecule has 4 atom stereocenters. The predicted octanol–water partition coefficient (Wildman–Crippen LogP) is 3.61. The number of hydrogen-bond donors (Lipinski definition) is 1. The second kappa shape index (κ2) is 5.75. The van der Waals surface area contributed by atoms with Gasteiger partial charge in [-0.1, -0.05) is 46.5 Å². The van der Waals surface area contributed by atoms with Crippen LogP contribution in [0.2, 0.25) is 0 Å². The van der Waals surface area contributed by atoms with Crippen LogP contribution in [0.5, 0.6) is 0 Å². The van der Waals surface area contributed by atoms with Crippen molar-refractivity contribution in [2.24, 2.45) is 17.8 Å². The normalized spacial score (nSPS) is 30.0. The molecular weight excluding hydrogens is 172 g/mol. The fraction of sp³-hybridized carbons (Fsp3) is 1.00. The summed E-state index contributed by atoms with van der Waals surface area (Å²) in [5, 5.41) is 9.96. The molecule has 1 fully saturated rings. The Balaban J connectivity index is 2.18. The summed E-state index contributed by atoms with van der Waals surface area (Å²) < 4.78 is 0. The molecule has 0 heterocycles. The van der Waals surface area contributed by atoms with Crippen LogP contribution >= 0.6 is 0 Å². The summed E-state index contributed by atoms with van der Waals surface area (Å²) in [5.74, 6) is 2.18. The average molecular weight is 198 g/mol.